The van der Waals surface area contributed by atoms with Crippen LogP contribution in [-0.4, -0.2) is 24.1 Å². The molecule has 15 heavy (non-hydrogen) atoms. The summed E-state index contributed by atoms with van der Waals surface area (Å²) in [6, 6.07) is 9.97. The van der Waals surface area contributed by atoms with Gasteiger partial charge in [-0.25, -0.2) is 0 Å². The highest BCUT2D eigenvalue weighted by atomic mass is 16.6. The molecular weight excluding hydrogens is 192 g/mol. The Bertz CT molecular complexity index is 374. The van der Waals surface area contributed by atoms with Crippen molar-refractivity contribution in [2.45, 2.75) is 31.3 Å². The highest BCUT2D eigenvalue weighted by molar-refractivity contribution is 5.89. The highest BCUT2D eigenvalue weighted by Gasteiger charge is 2.57. The molecule has 0 spiro atoms. The zero-order valence-corrected chi connectivity index (χ0v) is 8.26. The van der Waals surface area contributed by atoms with Crippen molar-refractivity contribution in [3.05, 3.63) is 35.9 Å². The van der Waals surface area contributed by atoms with Gasteiger partial charge in [-0.3, -0.25) is 4.79 Å². The topological polar surface area (TPSA) is 38.8 Å². The number of fused-ring (bicyclic) bond motifs is 1. The van der Waals surface area contributed by atoms with Crippen LogP contribution in [-0.2, 0) is 20.9 Å². The van der Waals surface area contributed by atoms with Crippen LogP contribution < -0.4 is 0 Å². The van der Waals surface area contributed by atoms with Gasteiger partial charge in [0, 0.05) is 6.42 Å². The van der Waals surface area contributed by atoms with Crippen LogP contribution in [0.3, 0.4) is 0 Å². The lowest BCUT2D eigenvalue weighted by molar-refractivity contribution is -0.122. The molecule has 3 atom stereocenters. The van der Waals surface area contributed by atoms with Crippen molar-refractivity contribution in [3.63, 3.8) is 0 Å². The lowest BCUT2D eigenvalue weighted by Crippen LogP contribution is -2.17. The van der Waals surface area contributed by atoms with Crippen LogP contribution in [0.1, 0.15) is 12.0 Å². The smallest absolute Gasteiger partial charge is 0.167 e. The maximum absolute atomic E-state index is 11.2. The molecule has 1 saturated carbocycles. The van der Waals surface area contributed by atoms with Gasteiger partial charge in [-0.15, -0.1) is 0 Å². The van der Waals surface area contributed by atoms with E-state index in [1.165, 1.54) is 0 Å². The summed E-state index contributed by atoms with van der Waals surface area (Å²) in [5.74, 6) is 0.193. The molecule has 1 aliphatic carbocycles. The second kappa shape index (κ2) is 3.43. The second-order valence-corrected chi connectivity index (χ2v) is 4.03. The van der Waals surface area contributed by atoms with Crippen molar-refractivity contribution < 1.29 is 14.3 Å². The third-order valence-corrected chi connectivity index (χ3v) is 2.92. The maximum atomic E-state index is 11.2. The zero-order chi connectivity index (χ0) is 10.3. The van der Waals surface area contributed by atoms with E-state index in [1.807, 2.05) is 30.3 Å². The summed E-state index contributed by atoms with van der Waals surface area (Å²) in [5, 5.41) is 0. The van der Waals surface area contributed by atoms with Crippen LogP contribution in [0.15, 0.2) is 30.3 Å². The molecule has 0 bridgehead atoms. The van der Waals surface area contributed by atoms with Crippen molar-refractivity contribution in [1.82, 2.24) is 0 Å². The first-order chi connectivity index (χ1) is 7.34. The van der Waals surface area contributed by atoms with Crippen LogP contribution in [0.25, 0.3) is 0 Å². The number of hydrogen-bond acceptors (Lipinski definition) is 3. The summed E-state index contributed by atoms with van der Waals surface area (Å²) >= 11 is 0. The molecule has 0 amide bonds. The van der Waals surface area contributed by atoms with Gasteiger partial charge in [0.15, 0.2) is 5.78 Å². The van der Waals surface area contributed by atoms with Crippen LogP contribution in [0.2, 0.25) is 0 Å². The third kappa shape index (κ3) is 1.68. The van der Waals surface area contributed by atoms with E-state index in [0.717, 1.165) is 5.56 Å². The summed E-state index contributed by atoms with van der Waals surface area (Å²) in [7, 11) is 0. The summed E-state index contributed by atoms with van der Waals surface area (Å²) in [6.45, 7) is 0.561. The van der Waals surface area contributed by atoms with Crippen molar-refractivity contribution in [2.75, 3.05) is 0 Å². The predicted molar refractivity (Wildman–Crippen MR) is 53.3 cm³/mol. The highest BCUT2D eigenvalue weighted by Crippen LogP contribution is 2.38. The molecule has 0 N–H and O–H groups in total. The molecule has 1 aliphatic heterocycles. The zero-order valence-electron chi connectivity index (χ0n) is 8.26. The molecule has 1 aromatic carbocycles. The van der Waals surface area contributed by atoms with E-state index in [0.29, 0.717) is 13.0 Å². The third-order valence-electron chi connectivity index (χ3n) is 2.92. The van der Waals surface area contributed by atoms with Crippen molar-refractivity contribution in [2.24, 2.45) is 0 Å². The first kappa shape index (κ1) is 9.07. The van der Waals surface area contributed by atoms with Gasteiger partial charge in [-0.1, -0.05) is 30.3 Å². The van der Waals surface area contributed by atoms with E-state index in [2.05, 4.69) is 0 Å². The lowest BCUT2D eigenvalue weighted by atomic mass is 10.2. The molecule has 3 heteroatoms. The number of hydrogen-bond donors (Lipinski definition) is 0. The number of ketones is 1. The van der Waals surface area contributed by atoms with E-state index in [9.17, 15) is 4.79 Å². The van der Waals surface area contributed by atoms with E-state index in [1.54, 1.807) is 0 Å². The Labute approximate surface area is 88.0 Å². The predicted octanol–water partition coefficient (Wildman–Crippen LogP) is 1.31. The SMILES string of the molecule is O=C1C[C@@H](OCc2ccccc2)[C@@H]2O[C@H]12. The summed E-state index contributed by atoms with van der Waals surface area (Å²) < 4.78 is 10.9. The average Bonchev–Trinajstić information content (AvgIpc) is 3.00. The molecule has 1 heterocycles. The standard InChI is InChI=1S/C12H12O3/c13-9-6-10(12-11(9)15-12)14-7-8-4-2-1-3-5-8/h1-5,10-12H,6-7H2/t10-,11-,12+/m1/s1. The Morgan fingerprint density at radius 1 is 1.33 bits per heavy atom. The van der Waals surface area contributed by atoms with Crippen LogP contribution in [0.5, 0.6) is 0 Å². The Kier molecular flexibility index (Phi) is 2.08. The number of rotatable bonds is 3. The minimum Gasteiger partial charge on any atom is -0.370 e. The number of benzene rings is 1. The Balaban J connectivity index is 1.57. The first-order valence-corrected chi connectivity index (χ1v) is 5.18. The van der Waals surface area contributed by atoms with E-state index in [-0.39, 0.29) is 24.1 Å². The maximum Gasteiger partial charge on any atom is 0.167 e. The molecule has 78 valence electrons. The lowest BCUT2D eigenvalue weighted by Gasteiger charge is -2.11. The molecule has 1 saturated heterocycles. The molecule has 0 unspecified atom stereocenters. The summed E-state index contributed by atoms with van der Waals surface area (Å²) in [4.78, 5) is 11.2. The average molecular weight is 204 g/mol. The summed E-state index contributed by atoms with van der Waals surface area (Å²) in [6.07, 6.45) is 0.386. The number of carbonyl (C=O) groups is 1. The normalized spacial score (nSPS) is 32.8. The quantitative estimate of drug-likeness (QED) is 0.697. The van der Waals surface area contributed by atoms with Gasteiger partial charge >= 0.3 is 0 Å². The number of Topliss-reactive ketones (excluding diaryl/α,β-unsaturated/α-hetero) is 1. The molecule has 3 rings (SSSR count). The molecule has 1 aromatic rings. The van der Waals surface area contributed by atoms with Gasteiger partial charge in [0.1, 0.15) is 12.2 Å². The van der Waals surface area contributed by atoms with Gasteiger partial charge < -0.3 is 9.47 Å². The summed E-state index contributed by atoms with van der Waals surface area (Å²) in [5.41, 5.74) is 1.13. The Morgan fingerprint density at radius 2 is 2.13 bits per heavy atom. The van der Waals surface area contributed by atoms with Crippen molar-refractivity contribution in [3.8, 4) is 0 Å². The Morgan fingerprint density at radius 3 is 2.73 bits per heavy atom. The van der Waals surface area contributed by atoms with Crippen molar-refractivity contribution >= 4 is 5.78 Å². The van der Waals surface area contributed by atoms with Gasteiger partial charge in [0.05, 0.1) is 12.7 Å². The van der Waals surface area contributed by atoms with Crippen LogP contribution in [0, 0.1) is 0 Å². The number of carbonyl (C=O) groups excluding carboxylic acids is 1. The van der Waals surface area contributed by atoms with Gasteiger partial charge in [-0.2, -0.15) is 0 Å². The van der Waals surface area contributed by atoms with Gasteiger partial charge in [-0.05, 0) is 5.56 Å². The van der Waals surface area contributed by atoms with Gasteiger partial charge in [0.25, 0.3) is 0 Å². The van der Waals surface area contributed by atoms with Crippen molar-refractivity contribution in [1.29, 1.82) is 0 Å². The number of ether oxygens (including phenoxy) is 2. The monoisotopic (exact) mass is 204 g/mol. The second-order valence-electron chi connectivity index (χ2n) is 4.03. The van der Waals surface area contributed by atoms with E-state index in [4.69, 9.17) is 9.47 Å². The molecule has 3 nitrogen and oxygen atoms in total. The fourth-order valence-corrected chi connectivity index (χ4v) is 2.03. The molecule has 0 aromatic heterocycles. The first-order valence-electron chi connectivity index (χ1n) is 5.18. The van der Waals surface area contributed by atoms with E-state index >= 15 is 0 Å². The molecule has 0 radical (unpaired) electrons. The fourth-order valence-electron chi connectivity index (χ4n) is 2.03. The molecular formula is C12H12O3. The van der Waals surface area contributed by atoms with E-state index < -0.39 is 0 Å². The largest absolute Gasteiger partial charge is 0.370 e. The number of epoxide rings is 1. The minimum absolute atomic E-state index is 0.0253. The van der Waals surface area contributed by atoms with Crippen LogP contribution >= 0.6 is 0 Å². The molecule has 2 fully saturated rings. The fraction of sp³-hybridized carbons (Fsp3) is 0.417. The Hall–Kier alpha value is -1.19. The van der Waals surface area contributed by atoms with Crippen LogP contribution in [0.4, 0.5) is 0 Å². The minimum atomic E-state index is -0.147. The van der Waals surface area contributed by atoms with Gasteiger partial charge in [0.2, 0.25) is 0 Å². The molecule has 2 aliphatic rings.